The van der Waals surface area contributed by atoms with Gasteiger partial charge in [-0.2, -0.15) is 0 Å². The van der Waals surface area contributed by atoms with Gasteiger partial charge in [-0.05, 0) is 19.1 Å². The molecule has 1 atom stereocenters. The van der Waals surface area contributed by atoms with Crippen LogP contribution >= 0.6 is 0 Å². The highest BCUT2D eigenvalue weighted by Crippen LogP contribution is 2.09. The maximum absolute atomic E-state index is 12.2. The fourth-order valence-corrected chi connectivity index (χ4v) is 2.65. The lowest BCUT2D eigenvalue weighted by Crippen LogP contribution is -2.50. The van der Waals surface area contributed by atoms with Crippen molar-refractivity contribution < 1.29 is 23.8 Å². The monoisotopic (exact) mass is 376 g/mol. The van der Waals surface area contributed by atoms with E-state index in [1.54, 1.807) is 17.9 Å². The summed E-state index contributed by atoms with van der Waals surface area (Å²) in [6, 6.07) is 9.70. The molecule has 1 heterocycles. The van der Waals surface area contributed by atoms with E-state index in [0.29, 0.717) is 19.7 Å². The van der Waals surface area contributed by atoms with Gasteiger partial charge in [0.05, 0.1) is 6.61 Å². The van der Waals surface area contributed by atoms with Crippen LogP contribution in [0.5, 0.6) is 5.75 Å². The Hall–Kier alpha value is -2.38. The van der Waals surface area contributed by atoms with Crippen LogP contribution in [0.3, 0.4) is 0 Å². The molecule has 1 unspecified atom stereocenters. The number of rotatable bonds is 10. The molecular weight excluding hydrogens is 348 g/mol. The summed E-state index contributed by atoms with van der Waals surface area (Å²) in [5, 5.41) is 0. The summed E-state index contributed by atoms with van der Waals surface area (Å²) in [5.74, 6) is 0.140. The Morgan fingerprint density at radius 2 is 1.89 bits per heavy atom. The van der Waals surface area contributed by atoms with Crippen molar-refractivity contribution in [2.45, 2.75) is 13.0 Å². The van der Waals surface area contributed by atoms with Gasteiger partial charge in [-0.25, -0.2) is 4.79 Å². The van der Waals surface area contributed by atoms with Gasteiger partial charge < -0.3 is 19.1 Å². The first kappa shape index (κ1) is 20.9. The molecule has 0 spiro atoms. The van der Waals surface area contributed by atoms with Crippen LogP contribution < -0.4 is 4.74 Å². The Bertz CT molecular complexity index is 600. The summed E-state index contributed by atoms with van der Waals surface area (Å²) in [5.41, 5.74) is 0. The van der Waals surface area contributed by atoms with E-state index in [1.807, 2.05) is 30.3 Å². The van der Waals surface area contributed by atoms with Gasteiger partial charge in [0.15, 0.2) is 12.7 Å². The van der Waals surface area contributed by atoms with Crippen molar-refractivity contribution in [2.75, 3.05) is 52.5 Å². The van der Waals surface area contributed by atoms with E-state index in [-0.39, 0.29) is 19.1 Å². The smallest absolute Gasteiger partial charge is 0.335 e. The number of carbonyl (C=O) groups excluding carboxylic acids is 2. The molecule has 0 aromatic heterocycles. The number of hydrogen-bond acceptors (Lipinski definition) is 6. The molecule has 148 valence electrons. The van der Waals surface area contributed by atoms with Crippen LogP contribution in [-0.2, 0) is 19.1 Å². The predicted molar refractivity (Wildman–Crippen MR) is 102 cm³/mol. The van der Waals surface area contributed by atoms with Crippen LogP contribution in [-0.4, -0.2) is 80.3 Å². The molecule has 0 bridgehead atoms. The SMILES string of the molecule is C=CCOC(C)C(=O)OCC(=O)N1CCN(CCOc2ccccc2)CC1. The second-order valence-corrected chi connectivity index (χ2v) is 6.26. The van der Waals surface area contributed by atoms with E-state index in [1.165, 1.54) is 0 Å². The lowest BCUT2D eigenvalue weighted by molar-refractivity contribution is -0.161. The van der Waals surface area contributed by atoms with E-state index in [4.69, 9.17) is 14.2 Å². The lowest BCUT2D eigenvalue weighted by atomic mass is 10.3. The van der Waals surface area contributed by atoms with Crippen LogP contribution in [0.4, 0.5) is 0 Å². The number of piperazine rings is 1. The third-order valence-corrected chi connectivity index (χ3v) is 4.28. The number of benzene rings is 1. The second kappa shape index (κ2) is 11.4. The van der Waals surface area contributed by atoms with Crippen LogP contribution in [0.2, 0.25) is 0 Å². The molecule has 7 nitrogen and oxygen atoms in total. The summed E-state index contributed by atoms with van der Waals surface area (Å²) in [6.45, 7) is 9.32. The van der Waals surface area contributed by atoms with E-state index < -0.39 is 12.1 Å². The van der Waals surface area contributed by atoms with Gasteiger partial charge in [0.25, 0.3) is 5.91 Å². The van der Waals surface area contributed by atoms with Crippen molar-refractivity contribution in [1.82, 2.24) is 9.80 Å². The third kappa shape index (κ3) is 7.40. The standard InChI is InChI=1S/C20H28N2O5/c1-3-14-25-17(2)20(24)27-16-19(23)22-11-9-21(10-12-22)13-15-26-18-7-5-4-6-8-18/h3-8,17H,1,9-16H2,2H3. The first-order valence-corrected chi connectivity index (χ1v) is 9.17. The third-order valence-electron chi connectivity index (χ3n) is 4.28. The van der Waals surface area contributed by atoms with Crippen molar-refractivity contribution in [1.29, 1.82) is 0 Å². The number of para-hydroxylation sites is 1. The molecule has 7 heteroatoms. The van der Waals surface area contributed by atoms with Gasteiger partial charge in [-0.3, -0.25) is 9.69 Å². The largest absolute Gasteiger partial charge is 0.492 e. The highest BCUT2D eigenvalue weighted by atomic mass is 16.6. The van der Waals surface area contributed by atoms with Gasteiger partial charge in [0, 0.05) is 32.7 Å². The molecule has 1 aromatic carbocycles. The Kier molecular flexibility index (Phi) is 8.80. The van der Waals surface area contributed by atoms with Crippen molar-refractivity contribution in [2.24, 2.45) is 0 Å². The predicted octanol–water partition coefficient (Wildman–Crippen LogP) is 1.34. The number of amides is 1. The summed E-state index contributed by atoms with van der Waals surface area (Å²) in [6.07, 6.45) is 0.844. The molecule has 1 amide bonds. The minimum Gasteiger partial charge on any atom is -0.492 e. The fraction of sp³-hybridized carbons (Fsp3) is 0.500. The van der Waals surface area contributed by atoms with Gasteiger partial charge in [0.2, 0.25) is 0 Å². The summed E-state index contributed by atoms with van der Waals surface area (Å²) >= 11 is 0. The number of nitrogens with zero attached hydrogens (tertiary/aromatic N) is 2. The normalized spacial score (nSPS) is 15.8. The number of esters is 1. The fourth-order valence-electron chi connectivity index (χ4n) is 2.65. The van der Waals surface area contributed by atoms with E-state index in [0.717, 1.165) is 25.4 Å². The molecular formula is C20H28N2O5. The Labute approximate surface area is 160 Å². The van der Waals surface area contributed by atoms with E-state index in [9.17, 15) is 9.59 Å². The average Bonchev–Trinajstić information content (AvgIpc) is 2.71. The van der Waals surface area contributed by atoms with Crippen molar-refractivity contribution in [3.8, 4) is 5.75 Å². The molecule has 1 aliphatic heterocycles. The summed E-state index contributed by atoms with van der Waals surface area (Å²) < 4.78 is 15.9. The first-order chi connectivity index (χ1) is 13.1. The molecule has 0 aliphatic carbocycles. The highest BCUT2D eigenvalue weighted by Gasteiger charge is 2.23. The lowest BCUT2D eigenvalue weighted by Gasteiger charge is -2.34. The Morgan fingerprint density at radius 3 is 2.56 bits per heavy atom. The molecule has 2 rings (SSSR count). The molecule has 0 N–H and O–H groups in total. The molecule has 0 radical (unpaired) electrons. The Morgan fingerprint density at radius 1 is 1.19 bits per heavy atom. The average molecular weight is 376 g/mol. The zero-order valence-corrected chi connectivity index (χ0v) is 15.8. The maximum Gasteiger partial charge on any atom is 0.335 e. The van der Waals surface area contributed by atoms with E-state index in [2.05, 4.69) is 11.5 Å². The van der Waals surface area contributed by atoms with Gasteiger partial charge in [-0.15, -0.1) is 6.58 Å². The highest BCUT2D eigenvalue weighted by molar-refractivity contribution is 5.82. The van der Waals surface area contributed by atoms with Crippen LogP contribution in [0, 0.1) is 0 Å². The summed E-state index contributed by atoms with van der Waals surface area (Å²) in [4.78, 5) is 27.9. The second-order valence-electron chi connectivity index (χ2n) is 6.26. The van der Waals surface area contributed by atoms with Crippen LogP contribution in [0.1, 0.15) is 6.92 Å². The van der Waals surface area contributed by atoms with Gasteiger partial charge >= 0.3 is 5.97 Å². The number of hydrogen-bond donors (Lipinski definition) is 0. The first-order valence-electron chi connectivity index (χ1n) is 9.17. The van der Waals surface area contributed by atoms with E-state index >= 15 is 0 Å². The number of carbonyl (C=O) groups is 2. The van der Waals surface area contributed by atoms with Crippen molar-refractivity contribution >= 4 is 11.9 Å². The zero-order chi connectivity index (χ0) is 19.5. The number of ether oxygens (including phenoxy) is 3. The molecule has 1 aromatic rings. The van der Waals surface area contributed by atoms with Gasteiger partial charge in [-0.1, -0.05) is 24.3 Å². The van der Waals surface area contributed by atoms with Crippen LogP contribution in [0.25, 0.3) is 0 Å². The minimum absolute atomic E-state index is 0.181. The quantitative estimate of drug-likeness (QED) is 0.454. The van der Waals surface area contributed by atoms with Crippen LogP contribution in [0.15, 0.2) is 43.0 Å². The molecule has 1 saturated heterocycles. The molecule has 0 saturated carbocycles. The molecule has 1 aliphatic rings. The van der Waals surface area contributed by atoms with Gasteiger partial charge in [0.1, 0.15) is 12.4 Å². The molecule has 27 heavy (non-hydrogen) atoms. The molecule has 1 fully saturated rings. The van der Waals surface area contributed by atoms with Crippen molar-refractivity contribution in [3.05, 3.63) is 43.0 Å². The topological polar surface area (TPSA) is 68.3 Å². The zero-order valence-electron chi connectivity index (χ0n) is 15.8. The Balaban J connectivity index is 1.61. The van der Waals surface area contributed by atoms with Crippen molar-refractivity contribution in [3.63, 3.8) is 0 Å². The maximum atomic E-state index is 12.2. The summed E-state index contributed by atoms with van der Waals surface area (Å²) in [7, 11) is 0. The minimum atomic E-state index is -0.711.